The van der Waals surface area contributed by atoms with Crippen LogP contribution < -0.4 is 11.1 Å². The molecule has 2 heterocycles. The molecule has 1 aliphatic carbocycles. The maximum absolute atomic E-state index is 9.06. The molecule has 0 radical (unpaired) electrons. The second kappa shape index (κ2) is 4.83. The molecule has 0 bridgehead atoms. The number of rotatable bonds is 4. The van der Waals surface area contributed by atoms with Crippen LogP contribution in [0.5, 0.6) is 0 Å². The quantitative estimate of drug-likeness (QED) is 0.691. The lowest BCUT2D eigenvalue weighted by Crippen LogP contribution is -2.05. The second-order valence-electron chi connectivity index (χ2n) is 4.60. The molecule has 20 heavy (non-hydrogen) atoms. The van der Waals surface area contributed by atoms with Crippen molar-refractivity contribution < 1.29 is 5.11 Å². The van der Waals surface area contributed by atoms with Crippen LogP contribution in [-0.2, 0) is 0 Å². The first-order chi connectivity index (χ1) is 9.72. The number of nitrogens with two attached hydrogens (primary N) is 1. The average molecular weight is 270 g/mol. The van der Waals surface area contributed by atoms with E-state index in [2.05, 4.69) is 26.2 Å². The van der Waals surface area contributed by atoms with Gasteiger partial charge in [-0.3, -0.25) is 4.57 Å². The van der Waals surface area contributed by atoms with Crippen LogP contribution in [0.15, 0.2) is 11.9 Å². The van der Waals surface area contributed by atoms with Gasteiger partial charge in [-0.2, -0.15) is 9.97 Å². The number of fused-ring (bicyclic) bond motifs is 1. The van der Waals surface area contributed by atoms with Crippen molar-refractivity contribution in [3.05, 3.63) is 11.9 Å². The summed E-state index contributed by atoms with van der Waals surface area (Å²) in [4.78, 5) is 12.6. The monoisotopic (exact) mass is 270 g/mol. The molecule has 0 aromatic carbocycles. The summed E-state index contributed by atoms with van der Waals surface area (Å²) >= 11 is 0. The number of nitrogen functional groups attached to an aromatic ring is 1. The molecule has 1 atom stereocenters. The third-order valence-corrected chi connectivity index (χ3v) is 3.17. The van der Waals surface area contributed by atoms with Crippen LogP contribution in [-0.4, -0.2) is 37.8 Å². The first kappa shape index (κ1) is 12.4. The van der Waals surface area contributed by atoms with Crippen LogP contribution in [0.1, 0.15) is 6.42 Å². The van der Waals surface area contributed by atoms with Crippen molar-refractivity contribution in [3.63, 3.8) is 0 Å². The molecule has 7 heteroatoms. The van der Waals surface area contributed by atoms with E-state index in [1.54, 1.807) is 10.9 Å². The number of aliphatic hydroxyl groups is 1. The van der Waals surface area contributed by atoms with Crippen molar-refractivity contribution in [1.29, 1.82) is 0 Å². The van der Waals surface area contributed by atoms with Gasteiger partial charge >= 0.3 is 0 Å². The highest BCUT2D eigenvalue weighted by molar-refractivity contribution is 5.85. The van der Waals surface area contributed by atoms with Gasteiger partial charge < -0.3 is 16.2 Å². The third-order valence-electron chi connectivity index (χ3n) is 3.17. The zero-order valence-corrected chi connectivity index (χ0v) is 10.7. The normalized spacial score (nSPS) is 19.2. The fourth-order valence-electron chi connectivity index (χ4n) is 2.03. The Morgan fingerprint density at radius 1 is 1.60 bits per heavy atom. The van der Waals surface area contributed by atoms with Crippen LogP contribution in [0.2, 0.25) is 0 Å². The van der Waals surface area contributed by atoms with Crippen LogP contribution in [0.4, 0.5) is 11.8 Å². The number of nitrogens with zero attached hydrogens (tertiary/aromatic N) is 4. The van der Waals surface area contributed by atoms with E-state index in [0.29, 0.717) is 23.5 Å². The summed E-state index contributed by atoms with van der Waals surface area (Å²) < 4.78 is 1.79. The minimum absolute atomic E-state index is 0.159. The average Bonchev–Trinajstić information content (AvgIpc) is 3.08. The highest BCUT2D eigenvalue weighted by Crippen LogP contribution is 2.37. The van der Waals surface area contributed by atoms with Crippen molar-refractivity contribution >= 4 is 29.1 Å². The molecule has 1 aliphatic rings. The fourth-order valence-corrected chi connectivity index (χ4v) is 2.03. The first-order valence-corrected chi connectivity index (χ1v) is 6.21. The number of nitrogens with one attached hydrogen (secondary N) is 1. The molecule has 1 saturated carbocycles. The highest BCUT2D eigenvalue weighted by atomic mass is 16.3. The predicted octanol–water partition coefficient (Wildman–Crippen LogP) is 0.307. The SMILES string of the molecule is C#CCNc1nc(N)nc2c1ncn2/C=C1/C[C@@H]1CO. The van der Waals surface area contributed by atoms with E-state index in [0.717, 1.165) is 6.42 Å². The summed E-state index contributed by atoms with van der Waals surface area (Å²) in [5.41, 5.74) is 8.11. The van der Waals surface area contributed by atoms with Crippen molar-refractivity contribution in [2.45, 2.75) is 6.42 Å². The molecule has 7 nitrogen and oxygen atoms in total. The molecule has 2 aromatic rings. The molecule has 3 rings (SSSR count). The van der Waals surface area contributed by atoms with Gasteiger partial charge in [0.15, 0.2) is 17.0 Å². The molecule has 2 aromatic heterocycles. The Bertz CT molecular complexity index is 726. The summed E-state index contributed by atoms with van der Waals surface area (Å²) in [5, 5.41) is 12.0. The largest absolute Gasteiger partial charge is 0.396 e. The van der Waals surface area contributed by atoms with Gasteiger partial charge in [-0.05, 0) is 12.0 Å². The lowest BCUT2D eigenvalue weighted by molar-refractivity contribution is 0.281. The van der Waals surface area contributed by atoms with E-state index < -0.39 is 0 Å². The van der Waals surface area contributed by atoms with E-state index in [4.69, 9.17) is 17.3 Å². The molecule has 4 N–H and O–H groups in total. The van der Waals surface area contributed by atoms with Gasteiger partial charge in [0.05, 0.1) is 6.54 Å². The van der Waals surface area contributed by atoms with Gasteiger partial charge in [0.25, 0.3) is 0 Å². The number of imidazole rings is 1. The van der Waals surface area contributed by atoms with Gasteiger partial charge in [0.2, 0.25) is 5.95 Å². The molecule has 102 valence electrons. The lowest BCUT2D eigenvalue weighted by Gasteiger charge is -2.03. The van der Waals surface area contributed by atoms with Crippen LogP contribution in [0, 0.1) is 18.3 Å². The molecule has 0 saturated heterocycles. The number of hydrogen-bond donors (Lipinski definition) is 3. The Hall–Kier alpha value is -2.59. The van der Waals surface area contributed by atoms with E-state index in [1.807, 2.05) is 6.20 Å². The van der Waals surface area contributed by atoms with E-state index in [9.17, 15) is 0 Å². The summed E-state index contributed by atoms with van der Waals surface area (Å²) in [6, 6.07) is 0. The van der Waals surface area contributed by atoms with E-state index in [-0.39, 0.29) is 18.5 Å². The van der Waals surface area contributed by atoms with E-state index in [1.165, 1.54) is 5.57 Å². The molecular formula is C13H14N6O. The topological polar surface area (TPSA) is 102 Å². The van der Waals surface area contributed by atoms with Crippen LogP contribution in [0.25, 0.3) is 17.4 Å². The minimum Gasteiger partial charge on any atom is -0.396 e. The molecule has 0 amide bonds. The molecule has 0 aliphatic heterocycles. The van der Waals surface area contributed by atoms with E-state index >= 15 is 0 Å². The Morgan fingerprint density at radius 2 is 2.45 bits per heavy atom. The van der Waals surface area contributed by atoms with Gasteiger partial charge in [-0.15, -0.1) is 6.42 Å². The third kappa shape index (κ3) is 2.17. The van der Waals surface area contributed by atoms with Gasteiger partial charge in [-0.25, -0.2) is 4.98 Å². The van der Waals surface area contributed by atoms with Gasteiger partial charge in [0, 0.05) is 18.7 Å². The molecule has 1 fully saturated rings. The predicted molar refractivity (Wildman–Crippen MR) is 76.5 cm³/mol. The smallest absolute Gasteiger partial charge is 0.224 e. The van der Waals surface area contributed by atoms with Crippen molar-refractivity contribution in [2.24, 2.45) is 5.92 Å². The Balaban J connectivity index is 2.02. The summed E-state index contributed by atoms with van der Waals surface area (Å²) in [7, 11) is 0. The Labute approximate surface area is 115 Å². The summed E-state index contributed by atoms with van der Waals surface area (Å²) in [5.74, 6) is 3.42. The van der Waals surface area contributed by atoms with Gasteiger partial charge in [-0.1, -0.05) is 5.92 Å². The zero-order chi connectivity index (χ0) is 14.1. The molecule has 0 unspecified atom stereocenters. The fraction of sp³-hybridized carbons (Fsp3) is 0.308. The first-order valence-electron chi connectivity index (χ1n) is 6.21. The number of aromatic nitrogens is 4. The number of anilines is 2. The standard InChI is InChI=1S/C13H14N6O/c1-2-3-15-11-10-12(18-13(14)17-11)19(7-16-10)5-8-4-9(8)6-20/h1,5,7,9,20H,3-4,6H2,(H3,14,15,17,18)/b8-5-/t9-/m1/s1. The van der Waals surface area contributed by atoms with Crippen molar-refractivity contribution in [2.75, 3.05) is 24.2 Å². The van der Waals surface area contributed by atoms with Crippen molar-refractivity contribution in [1.82, 2.24) is 19.5 Å². The zero-order valence-electron chi connectivity index (χ0n) is 10.7. The second-order valence-corrected chi connectivity index (χ2v) is 4.60. The number of hydrogen-bond acceptors (Lipinski definition) is 6. The van der Waals surface area contributed by atoms with Crippen LogP contribution in [0.3, 0.4) is 0 Å². The Kier molecular flexibility index (Phi) is 3.00. The number of terminal acetylenes is 1. The molecule has 0 spiro atoms. The van der Waals surface area contributed by atoms with Gasteiger partial charge in [0.1, 0.15) is 6.33 Å². The van der Waals surface area contributed by atoms with Crippen molar-refractivity contribution in [3.8, 4) is 12.3 Å². The summed E-state index contributed by atoms with van der Waals surface area (Å²) in [6.45, 7) is 0.511. The summed E-state index contributed by atoms with van der Waals surface area (Å²) in [6.07, 6.45) is 9.70. The number of aliphatic hydroxyl groups excluding tert-OH is 1. The molecular weight excluding hydrogens is 256 g/mol. The highest BCUT2D eigenvalue weighted by Gasteiger charge is 2.29. The lowest BCUT2D eigenvalue weighted by atomic mass is 10.4. The Morgan fingerprint density at radius 3 is 3.15 bits per heavy atom. The maximum Gasteiger partial charge on any atom is 0.224 e. The van der Waals surface area contributed by atoms with Crippen LogP contribution >= 0.6 is 0 Å². The minimum atomic E-state index is 0.159. The maximum atomic E-state index is 9.06.